The van der Waals surface area contributed by atoms with Gasteiger partial charge in [-0.05, 0) is 49.6 Å². The Kier molecular flexibility index (Phi) is 5.08. The lowest BCUT2D eigenvalue weighted by Crippen LogP contribution is -2.28. The SMILES string of the molecule is C=C/C=c1/nc(-c2ccc(C)c(Cc3cc(C)ccc3C)n2)ncc1=C. The van der Waals surface area contributed by atoms with Crippen molar-refractivity contribution in [3.63, 3.8) is 0 Å². The van der Waals surface area contributed by atoms with E-state index in [1.54, 1.807) is 12.3 Å². The Labute approximate surface area is 154 Å². The van der Waals surface area contributed by atoms with Crippen molar-refractivity contribution in [3.05, 3.63) is 87.7 Å². The summed E-state index contributed by atoms with van der Waals surface area (Å²) in [7, 11) is 0. The molecule has 3 nitrogen and oxygen atoms in total. The highest BCUT2D eigenvalue weighted by atomic mass is 14.9. The Bertz CT molecular complexity index is 1080. The quantitative estimate of drug-likeness (QED) is 0.730. The van der Waals surface area contributed by atoms with E-state index in [2.05, 4.69) is 68.2 Å². The van der Waals surface area contributed by atoms with E-state index >= 15 is 0 Å². The van der Waals surface area contributed by atoms with E-state index in [1.807, 2.05) is 12.1 Å². The van der Waals surface area contributed by atoms with E-state index in [-0.39, 0.29) is 0 Å². The molecule has 0 fully saturated rings. The van der Waals surface area contributed by atoms with Crippen LogP contribution in [0.4, 0.5) is 0 Å². The van der Waals surface area contributed by atoms with E-state index in [4.69, 9.17) is 4.98 Å². The molecule has 0 radical (unpaired) electrons. The topological polar surface area (TPSA) is 38.7 Å². The number of nitrogens with zero attached hydrogens (tertiary/aromatic N) is 3. The first kappa shape index (κ1) is 17.7. The number of rotatable bonds is 4. The number of allylic oxidation sites excluding steroid dienone is 1. The van der Waals surface area contributed by atoms with Crippen LogP contribution in [0.25, 0.3) is 24.2 Å². The minimum absolute atomic E-state index is 0.604. The van der Waals surface area contributed by atoms with Gasteiger partial charge >= 0.3 is 0 Å². The van der Waals surface area contributed by atoms with Gasteiger partial charge in [-0.15, -0.1) is 0 Å². The van der Waals surface area contributed by atoms with Crippen molar-refractivity contribution in [3.8, 4) is 11.5 Å². The first-order chi connectivity index (χ1) is 12.5. The van der Waals surface area contributed by atoms with E-state index in [9.17, 15) is 0 Å². The number of benzene rings is 1. The van der Waals surface area contributed by atoms with Crippen LogP contribution in [-0.2, 0) is 6.42 Å². The number of hydrogen-bond acceptors (Lipinski definition) is 3. The van der Waals surface area contributed by atoms with Crippen LogP contribution in [0.15, 0.2) is 49.2 Å². The van der Waals surface area contributed by atoms with Gasteiger partial charge < -0.3 is 0 Å². The predicted molar refractivity (Wildman–Crippen MR) is 108 cm³/mol. The van der Waals surface area contributed by atoms with Crippen molar-refractivity contribution in [2.75, 3.05) is 0 Å². The van der Waals surface area contributed by atoms with Gasteiger partial charge in [0, 0.05) is 23.5 Å². The number of aryl methyl sites for hydroxylation is 3. The zero-order valence-corrected chi connectivity index (χ0v) is 15.6. The largest absolute Gasteiger partial charge is 0.249 e. The van der Waals surface area contributed by atoms with E-state index in [0.717, 1.165) is 28.4 Å². The van der Waals surface area contributed by atoms with Gasteiger partial charge in [0.25, 0.3) is 0 Å². The van der Waals surface area contributed by atoms with Crippen LogP contribution in [0.2, 0.25) is 0 Å². The third kappa shape index (κ3) is 3.77. The van der Waals surface area contributed by atoms with Crippen molar-refractivity contribution in [1.29, 1.82) is 0 Å². The summed E-state index contributed by atoms with van der Waals surface area (Å²) in [5.74, 6) is 0.604. The van der Waals surface area contributed by atoms with Crippen LogP contribution in [0.3, 0.4) is 0 Å². The molecule has 0 saturated heterocycles. The van der Waals surface area contributed by atoms with Crippen LogP contribution in [0.1, 0.15) is 27.9 Å². The lowest BCUT2D eigenvalue weighted by Gasteiger charge is -2.10. The molecule has 0 aliphatic heterocycles. The van der Waals surface area contributed by atoms with Crippen molar-refractivity contribution in [1.82, 2.24) is 15.0 Å². The smallest absolute Gasteiger partial charge is 0.178 e. The Morgan fingerprint density at radius 1 is 1.00 bits per heavy atom. The number of pyridine rings is 1. The molecular formula is C23H23N3. The lowest BCUT2D eigenvalue weighted by atomic mass is 9.99. The molecule has 0 saturated carbocycles. The van der Waals surface area contributed by atoms with E-state index < -0.39 is 0 Å². The van der Waals surface area contributed by atoms with Gasteiger partial charge in [-0.3, -0.25) is 0 Å². The van der Waals surface area contributed by atoms with Crippen LogP contribution >= 0.6 is 0 Å². The Hall–Kier alpha value is -3.07. The molecule has 0 unspecified atom stereocenters. The predicted octanol–water partition coefficient (Wildman–Crippen LogP) is 3.43. The maximum Gasteiger partial charge on any atom is 0.178 e. The molecule has 0 amide bonds. The summed E-state index contributed by atoms with van der Waals surface area (Å²) < 4.78 is 0. The summed E-state index contributed by atoms with van der Waals surface area (Å²) in [6.45, 7) is 14.0. The van der Waals surface area contributed by atoms with Crippen molar-refractivity contribution in [2.24, 2.45) is 0 Å². The molecule has 0 spiro atoms. The molecule has 0 atom stereocenters. The minimum atomic E-state index is 0.604. The van der Waals surface area contributed by atoms with Crippen molar-refractivity contribution in [2.45, 2.75) is 27.2 Å². The molecule has 0 N–H and O–H groups in total. The molecule has 0 aliphatic carbocycles. The second kappa shape index (κ2) is 7.44. The maximum absolute atomic E-state index is 4.85. The Balaban J connectivity index is 2.04. The fourth-order valence-electron chi connectivity index (χ4n) is 2.84. The summed E-state index contributed by atoms with van der Waals surface area (Å²) in [4.78, 5) is 13.8. The summed E-state index contributed by atoms with van der Waals surface area (Å²) in [5.41, 5.74) is 6.83. The van der Waals surface area contributed by atoms with Crippen LogP contribution in [-0.4, -0.2) is 15.0 Å². The average molecular weight is 341 g/mol. The van der Waals surface area contributed by atoms with Crippen LogP contribution in [0.5, 0.6) is 0 Å². The summed E-state index contributed by atoms with van der Waals surface area (Å²) in [5, 5.41) is 1.54. The average Bonchev–Trinajstić information content (AvgIpc) is 2.62. The fraction of sp³-hybridized carbons (Fsp3) is 0.174. The summed E-state index contributed by atoms with van der Waals surface area (Å²) in [6, 6.07) is 10.6. The summed E-state index contributed by atoms with van der Waals surface area (Å²) >= 11 is 0. The van der Waals surface area contributed by atoms with Gasteiger partial charge in [0.2, 0.25) is 0 Å². The molecule has 3 heteroatoms. The van der Waals surface area contributed by atoms with Gasteiger partial charge in [0.1, 0.15) is 5.69 Å². The highest BCUT2D eigenvalue weighted by molar-refractivity contribution is 5.51. The molecule has 0 aliphatic rings. The van der Waals surface area contributed by atoms with Gasteiger partial charge in [0.15, 0.2) is 5.82 Å². The zero-order valence-electron chi connectivity index (χ0n) is 15.6. The first-order valence-corrected chi connectivity index (χ1v) is 8.65. The van der Waals surface area contributed by atoms with Crippen LogP contribution < -0.4 is 10.6 Å². The van der Waals surface area contributed by atoms with Crippen LogP contribution in [0, 0.1) is 20.8 Å². The van der Waals surface area contributed by atoms with E-state index in [1.165, 1.54) is 22.3 Å². The Morgan fingerprint density at radius 3 is 2.54 bits per heavy atom. The first-order valence-electron chi connectivity index (χ1n) is 8.65. The maximum atomic E-state index is 4.85. The Morgan fingerprint density at radius 2 is 1.77 bits per heavy atom. The van der Waals surface area contributed by atoms with Crippen molar-refractivity contribution < 1.29 is 0 Å². The second-order valence-corrected chi connectivity index (χ2v) is 6.57. The van der Waals surface area contributed by atoms with Gasteiger partial charge in [-0.2, -0.15) is 0 Å². The highest BCUT2D eigenvalue weighted by Crippen LogP contribution is 2.19. The summed E-state index contributed by atoms with van der Waals surface area (Å²) in [6.07, 6.45) is 6.06. The molecule has 1 aromatic carbocycles. The highest BCUT2D eigenvalue weighted by Gasteiger charge is 2.09. The van der Waals surface area contributed by atoms with Gasteiger partial charge in [-0.1, -0.05) is 49.1 Å². The molecule has 26 heavy (non-hydrogen) atoms. The fourth-order valence-corrected chi connectivity index (χ4v) is 2.84. The number of hydrogen-bond donors (Lipinski definition) is 0. The molecule has 130 valence electrons. The molecule has 3 rings (SSSR count). The monoisotopic (exact) mass is 341 g/mol. The second-order valence-electron chi connectivity index (χ2n) is 6.57. The normalized spacial score (nSPS) is 11.6. The van der Waals surface area contributed by atoms with Gasteiger partial charge in [0.05, 0.1) is 5.35 Å². The standard InChI is InChI=1S/C23H23N3/c1-6-7-20-18(5)14-24-23(26-20)21-11-10-17(4)22(25-21)13-19-12-15(2)8-9-16(19)3/h6-12,14H,1,5,13H2,2-4H3/b20-7+. The lowest BCUT2D eigenvalue weighted by molar-refractivity contribution is 1.01. The molecule has 0 bridgehead atoms. The molecule has 2 heterocycles. The minimum Gasteiger partial charge on any atom is -0.249 e. The van der Waals surface area contributed by atoms with Crippen molar-refractivity contribution >= 4 is 12.7 Å². The van der Waals surface area contributed by atoms with Gasteiger partial charge in [-0.25, -0.2) is 15.0 Å². The zero-order chi connectivity index (χ0) is 18.7. The number of aromatic nitrogens is 3. The molecule has 3 aromatic rings. The third-order valence-electron chi connectivity index (χ3n) is 4.47. The molecular weight excluding hydrogens is 318 g/mol. The molecule has 2 aromatic heterocycles. The van der Waals surface area contributed by atoms with E-state index in [0.29, 0.717) is 5.82 Å². The third-order valence-corrected chi connectivity index (χ3v) is 4.47.